The fourth-order valence-electron chi connectivity index (χ4n) is 2.70. The van der Waals surface area contributed by atoms with Gasteiger partial charge in [-0.2, -0.15) is 17.5 Å². The Morgan fingerprint density at radius 1 is 1.40 bits per heavy atom. The van der Waals surface area contributed by atoms with Crippen molar-refractivity contribution in [1.29, 1.82) is 0 Å². The lowest BCUT2D eigenvalue weighted by Crippen LogP contribution is -2.43. The Balaban J connectivity index is 2.37. The average molecular weight is 400 g/mol. The van der Waals surface area contributed by atoms with Crippen LogP contribution in [0.25, 0.3) is 0 Å². The summed E-state index contributed by atoms with van der Waals surface area (Å²) < 4.78 is 70.9. The van der Waals surface area contributed by atoms with Gasteiger partial charge in [-0.25, -0.2) is 8.42 Å². The van der Waals surface area contributed by atoms with Gasteiger partial charge in [0.25, 0.3) is 0 Å². The minimum absolute atomic E-state index is 0.0398. The SMILES string of the molecule is CCOC(=O)C1CCCN(S(=O)(=O)c2ccc(Cl)cc2C(F)(F)F)C1. The topological polar surface area (TPSA) is 63.7 Å². The fraction of sp³-hybridized carbons (Fsp3) is 0.533. The molecule has 1 aliphatic heterocycles. The van der Waals surface area contributed by atoms with Crippen molar-refractivity contribution >= 4 is 27.6 Å². The third-order valence-corrected chi connectivity index (χ3v) is 6.03. The standard InChI is InChI=1S/C15H17ClF3NO4S/c1-2-24-14(21)10-4-3-7-20(9-10)25(22,23)13-6-5-11(16)8-12(13)15(17,18)19/h5-6,8,10H,2-4,7,9H2,1H3. The van der Waals surface area contributed by atoms with Gasteiger partial charge >= 0.3 is 12.1 Å². The zero-order chi connectivity index (χ0) is 18.8. The summed E-state index contributed by atoms with van der Waals surface area (Å²) >= 11 is 5.59. The number of halogens is 4. The van der Waals surface area contributed by atoms with Gasteiger partial charge in [-0.1, -0.05) is 11.6 Å². The van der Waals surface area contributed by atoms with E-state index in [1.165, 1.54) is 0 Å². The molecule has 2 rings (SSSR count). The molecule has 0 saturated carbocycles. The quantitative estimate of drug-likeness (QED) is 0.728. The molecular weight excluding hydrogens is 383 g/mol. The molecule has 1 atom stereocenters. The molecule has 0 aliphatic carbocycles. The Kier molecular flexibility index (Phi) is 6.01. The van der Waals surface area contributed by atoms with Gasteiger partial charge in [0.05, 0.1) is 23.0 Å². The van der Waals surface area contributed by atoms with Crippen molar-refractivity contribution < 1.29 is 31.1 Å². The molecule has 1 unspecified atom stereocenters. The third kappa shape index (κ3) is 4.45. The molecule has 1 aromatic rings. The van der Waals surface area contributed by atoms with Crippen molar-refractivity contribution in [2.45, 2.75) is 30.8 Å². The smallest absolute Gasteiger partial charge is 0.417 e. The van der Waals surface area contributed by atoms with Crippen LogP contribution in [0.15, 0.2) is 23.1 Å². The van der Waals surface area contributed by atoms with Gasteiger partial charge in [0.1, 0.15) is 0 Å². The summed E-state index contributed by atoms with van der Waals surface area (Å²) in [6, 6.07) is 2.52. The minimum atomic E-state index is -4.87. The molecule has 25 heavy (non-hydrogen) atoms. The number of sulfonamides is 1. The number of alkyl halides is 3. The highest BCUT2D eigenvalue weighted by molar-refractivity contribution is 7.89. The zero-order valence-electron chi connectivity index (χ0n) is 13.3. The maximum absolute atomic E-state index is 13.2. The molecule has 0 aromatic heterocycles. The van der Waals surface area contributed by atoms with E-state index in [1.54, 1.807) is 6.92 Å². The molecule has 1 aliphatic rings. The fourth-order valence-corrected chi connectivity index (χ4v) is 4.59. The number of ether oxygens (including phenoxy) is 1. The Morgan fingerprint density at radius 2 is 2.08 bits per heavy atom. The van der Waals surface area contributed by atoms with E-state index in [0.29, 0.717) is 18.9 Å². The molecule has 0 spiro atoms. The van der Waals surface area contributed by atoms with Crippen LogP contribution in [0.1, 0.15) is 25.3 Å². The van der Waals surface area contributed by atoms with Crippen molar-refractivity contribution in [2.75, 3.05) is 19.7 Å². The van der Waals surface area contributed by atoms with Gasteiger partial charge in [-0.15, -0.1) is 0 Å². The van der Waals surface area contributed by atoms with E-state index in [0.717, 1.165) is 16.4 Å². The molecule has 1 saturated heterocycles. The largest absolute Gasteiger partial charge is 0.466 e. The number of piperidine rings is 1. The van der Waals surface area contributed by atoms with E-state index in [2.05, 4.69) is 0 Å². The second-order valence-corrected chi connectivity index (χ2v) is 7.94. The molecule has 0 amide bonds. The number of esters is 1. The Hall–Kier alpha value is -1.32. The van der Waals surface area contributed by atoms with E-state index >= 15 is 0 Å². The van der Waals surface area contributed by atoms with E-state index in [4.69, 9.17) is 16.3 Å². The average Bonchev–Trinajstić information content (AvgIpc) is 2.54. The molecule has 5 nitrogen and oxygen atoms in total. The highest BCUT2D eigenvalue weighted by atomic mass is 35.5. The Labute approximate surface area is 148 Å². The molecule has 1 aromatic carbocycles. The second-order valence-electron chi connectivity index (χ2n) is 5.59. The predicted octanol–water partition coefficient (Wildman–Crippen LogP) is 3.32. The van der Waals surface area contributed by atoms with Crippen LogP contribution in [0, 0.1) is 5.92 Å². The zero-order valence-corrected chi connectivity index (χ0v) is 14.9. The van der Waals surface area contributed by atoms with Crippen molar-refractivity contribution in [3.63, 3.8) is 0 Å². The van der Waals surface area contributed by atoms with Crippen molar-refractivity contribution in [3.05, 3.63) is 28.8 Å². The van der Waals surface area contributed by atoms with Crippen LogP contribution in [0.3, 0.4) is 0 Å². The van der Waals surface area contributed by atoms with Crippen LogP contribution < -0.4 is 0 Å². The van der Waals surface area contributed by atoms with Crippen LogP contribution in [-0.4, -0.2) is 38.4 Å². The van der Waals surface area contributed by atoms with Gasteiger partial charge in [-0.3, -0.25) is 4.79 Å². The maximum atomic E-state index is 13.2. The lowest BCUT2D eigenvalue weighted by molar-refractivity contribution is -0.149. The summed E-state index contributed by atoms with van der Waals surface area (Å²) in [5.74, 6) is -1.24. The summed E-state index contributed by atoms with van der Waals surface area (Å²) in [6.07, 6.45) is -4.08. The van der Waals surface area contributed by atoms with Gasteiger partial charge in [-0.05, 0) is 38.0 Å². The molecule has 140 valence electrons. The van der Waals surface area contributed by atoms with Gasteiger partial charge in [0, 0.05) is 18.1 Å². The molecule has 1 fully saturated rings. The third-order valence-electron chi connectivity index (χ3n) is 3.87. The summed E-state index contributed by atoms with van der Waals surface area (Å²) in [7, 11) is -4.43. The first kappa shape index (κ1) is 20.0. The van der Waals surface area contributed by atoms with Crippen LogP contribution in [0.4, 0.5) is 13.2 Å². The molecule has 0 N–H and O–H groups in total. The molecule has 0 bridgehead atoms. The highest BCUT2D eigenvalue weighted by Gasteiger charge is 2.41. The first-order chi connectivity index (χ1) is 11.6. The van der Waals surface area contributed by atoms with E-state index in [9.17, 15) is 26.4 Å². The first-order valence-electron chi connectivity index (χ1n) is 7.61. The number of carbonyl (C=O) groups is 1. The van der Waals surface area contributed by atoms with Crippen LogP contribution in [-0.2, 0) is 25.7 Å². The number of rotatable bonds is 4. The van der Waals surface area contributed by atoms with E-state index < -0.39 is 38.5 Å². The Bertz CT molecular complexity index is 752. The van der Waals surface area contributed by atoms with Crippen molar-refractivity contribution in [2.24, 2.45) is 5.92 Å². The number of hydrogen-bond donors (Lipinski definition) is 0. The monoisotopic (exact) mass is 399 g/mol. The highest BCUT2D eigenvalue weighted by Crippen LogP contribution is 2.37. The van der Waals surface area contributed by atoms with Gasteiger partial charge in [0.15, 0.2) is 0 Å². The summed E-state index contributed by atoms with van der Waals surface area (Å²) in [4.78, 5) is 11.0. The summed E-state index contributed by atoms with van der Waals surface area (Å²) in [5, 5.41) is -0.214. The lowest BCUT2D eigenvalue weighted by Gasteiger charge is -2.31. The molecule has 10 heteroatoms. The number of benzene rings is 1. The lowest BCUT2D eigenvalue weighted by atomic mass is 10.0. The van der Waals surface area contributed by atoms with Gasteiger partial charge < -0.3 is 4.74 Å². The molecular formula is C15H17ClF3NO4S. The van der Waals surface area contributed by atoms with Gasteiger partial charge in [0.2, 0.25) is 10.0 Å². The summed E-state index contributed by atoms with van der Waals surface area (Å²) in [5.41, 5.74) is -1.32. The predicted molar refractivity (Wildman–Crippen MR) is 84.6 cm³/mol. The van der Waals surface area contributed by atoms with Crippen molar-refractivity contribution in [3.8, 4) is 0 Å². The van der Waals surface area contributed by atoms with E-state index in [-0.39, 0.29) is 24.7 Å². The normalized spacial score (nSPS) is 19.6. The number of carbonyl (C=O) groups excluding carboxylic acids is 1. The molecule has 1 heterocycles. The Morgan fingerprint density at radius 3 is 2.68 bits per heavy atom. The molecule has 0 radical (unpaired) electrons. The van der Waals surface area contributed by atoms with Crippen LogP contribution in [0.5, 0.6) is 0 Å². The maximum Gasteiger partial charge on any atom is 0.417 e. The minimum Gasteiger partial charge on any atom is -0.466 e. The van der Waals surface area contributed by atoms with E-state index in [1.807, 2.05) is 0 Å². The summed E-state index contributed by atoms with van der Waals surface area (Å²) in [6.45, 7) is 1.61. The van der Waals surface area contributed by atoms with Crippen LogP contribution >= 0.6 is 11.6 Å². The number of hydrogen-bond acceptors (Lipinski definition) is 4. The van der Waals surface area contributed by atoms with Crippen molar-refractivity contribution in [1.82, 2.24) is 4.31 Å². The first-order valence-corrected chi connectivity index (χ1v) is 9.42. The second kappa shape index (κ2) is 7.51. The number of nitrogens with zero attached hydrogens (tertiary/aromatic N) is 1. The van der Waals surface area contributed by atoms with Crippen LogP contribution in [0.2, 0.25) is 5.02 Å².